The standard InChI is InChI=1S/C15H30N2/c1-12-3-2-4-13(11-12)9-10-17-15-7-5-14(16)6-8-15/h12-15,17H,2-11,16H2,1H3. The summed E-state index contributed by atoms with van der Waals surface area (Å²) < 4.78 is 0. The third-order valence-corrected chi connectivity index (χ3v) is 4.80. The van der Waals surface area contributed by atoms with Gasteiger partial charge in [0.15, 0.2) is 0 Å². The van der Waals surface area contributed by atoms with Crippen LogP contribution in [0, 0.1) is 11.8 Å². The van der Waals surface area contributed by atoms with Crippen LogP contribution in [0.25, 0.3) is 0 Å². The van der Waals surface area contributed by atoms with Gasteiger partial charge in [-0.1, -0.05) is 26.2 Å². The Morgan fingerprint density at radius 1 is 1.06 bits per heavy atom. The number of nitrogens with two attached hydrogens (primary N) is 1. The Kier molecular flexibility index (Phi) is 5.30. The number of hydrogen-bond donors (Lipinski definition) is 2. The van der Waals surface area contributed by atoms with E-state index in [1.54, 1.807) is 0 Å². The van der Waals surface area contributed by atoms with Gasteiger partial charge in [-0.15, -0.1) is 0 Å². The largest absolute Gasteiger partial charge is 0.328 e. The summed E-state index contributed by atoms with van der Waals surface area (Å²) >= 11 is 0. The lowest BCUT2D eigenvalue weighted by Gasteiger charge is -2.29. The predicted octanol–water partition coefficient (Wildman–Crippen LogP) is 3.06. The van der Waals surface area contributed by atoms with Crippen LogP contribution in [-0.2, 0) is 0 Å². The first-order valence-electron chi connectivity index (χ1n) is 7.73. The molecular formula is C15H30N2. The SMILES string of the molecule is CC1CCCC(CCNC2CCC(N)CC2)C1. The quantitative estimate of drug-likeness (QED) is 0.790. The average Bonchev–Trinajstić information content (AvgIpc) is 2.32. The Hall–Kier alpha value is -0.0800. The molecule has 2 nitrogen and oxygen atoms in total. The van der Waals surface area contributed by atoms with Crippen LogP contribution in [-0.4, -0.2) is 18.6 Å². The summed E-state index contributed by atoms with van der Waals surface area (Å²) in [5.74, 6) is 1.97. The van der Waals surface area contributed by atoms with Crippen molar-refractivity contribution in [1.82, 2.24) is 5.32 Å². The summed E-state index contributed by atoms with van der Waals surface area (Å²) in [4.78, 5) is 0. The lowest BCUT2D eigenvalue weighted by atomic mass is 9.81. The fraction of sp³-hybridized carbons (Fsp3) is 1.00. The van der Waals surface area contributed by atoms with Gasteiger partial charge in [0, 0.05) is 12.1 Å². The molecule has 0 bridgehead atoms. The molecule has 2 aliphatic carbocycles. The molecule has 0 aromatic carbocycles. The van der Waals surface area contributed by atoms with E-state index in [2.05, 4.69) is 12.2 Å². The first kappa shape index (κ1) is 13.4. The average molecular weight is 238 g/mol. The maximum atomic E-state index is 5.93. The molecule has 0 amide bonds. The van der Waals surface area contributed by atoms with E-state index >= 15 is 0 Å². The van der Waals surface area contributed by atoms with Gasteiger partial charge in [0.1, 0.15) is 0 Å². The van der Waals surface area contributed by atoms with E-state index in [4.69, 9.17) is 5.73 Å². The highest BCUT2D eigenvalue weighted by Gasteiger charge is 2.20. The predicted molar refractivity (Wildman–Crippen MR) is 74.0 cm³/mol. The monoisotopic (exact) mass is 238 g/mol. The van der Waals surface area contributed by atoms with Crippen molar-refractivity contribution < 1.29 is 0 Å². The van der Waals surface area contributed by atoms with Crippen molar-refractivity contribution in [2.45, 2.75) is 76.8 Å². The highest BCUT2D eigenvalue weighted by atomic mass is 14.9. The molecule has 2 fully saturated rings. The molecule has 100 valence electrons. The Bertz CT molecular complexity index is 209. The molecule has 2 aliphatic rings. The van der Waals surface area contributed by atoms with Crippen LogP contribution >= 0.6 is 0 Å². The molecule has 0 radical (unpaired) electrons. The Morgan fingerprint density at radius 2 is 1.82 bits per heavy atom. The zero-order valence-electron chi connectivity index (χ0n) is 11.5. The zero-order valence-corrected chi connectivity index (χ0v) is 11.5. The van der Waals surface area contributed by atoms with Crippen molar-refractivity contribution in [2.24, 2.45) is 17.6 Å². The maximum absolute atomic E-state index is 5.93. The molecule has 2 rings (SSSR count). The summed E-state index contributed by atoms with van der Waals surface area (Å²) in [5.41, 5.74) is 5.93. The van der Waals surface area contributed by atoms with Gasteiger partial charge in [0.05, 0.1) is 0 Å². The summed E-state index contributed by atoms with van der Waals surface area (Å²) in [7, 11) is 0. The molecule has 0 heterocycles. The van der Waals surface area contributed by atoms with Gasteiger partial charge >= 0.3 is 0 Å². The van der Waals surface area contributed by atoms with Crippen LogP contribution in [0.5, 0.6) is 0 Å². The van der Waals surface area contributed by atoms with Crippen molar-refractivity contribution >= 4 is 0 Å². The maximum Gasteiger partial charge on any atom is 0.00682 e. The van der Waals surface area contributed by atoms with Gasteiger partial charge in [0.2, 0.25) is 0 Å². The van der Waals surface area contributed by atoms with Crippen molar-refractivity contribution in [2.75, 3.05) is 6.54 Å². The Labute approximate surface area is 107 Å². The second-order valence-corrected chi connectivity index (χ2v) is 6.49. The summed E-state index contributed by atoms with van der Waals surface area (Å²) in [6.45, 7) is 3.65. The van der Waals surface area contributed by atoms with Crippen molar-refractivity contribution in [1.29, 1.82) is 0 Å². The minimum atomic E-state index is 0.479. The molecule has 0 saturated heterocycles. The van der Waals surface area contributed by atoms with Gasteiger partial charge in [-0.3, -0.25) is 0 Å². The number of nitrogens with one attached hydrogen (secondary N) is 1. The molecular weight excluding hydrogens is 208 g/mol. The minimum absolute atomic E-state index is 0.479. The second-order valence-electron chi connectivity index (χ2n) is 6.49. The van der Waals surface area contributed by atoms with Gasteiger partial charge in [-0.2, -0.15) is 0 Å². The second kappa shape index (κ2) is 6.75. The summed E-state index contributed by atoms with van der Waals surface area (Å²) in [6.07, 6.45) is 12.3. The van der Waals surface area contributed by atoms with E-state index in [1.807, 2.05) is 0 Å². The molecule has 0 aromatic rings. The van der Waals surface area contributed by atoms with Crippen molar-refractivity contribution in [3.63, 3.8) is 0 Å². The van der Waals surface area contributed by atoms with Crippen LogP contribution < -0.4 is 11.1 Å². The van der Waals surface area contributed by atoms with Gasteiger partial charge in [-0.25, -0.2) is 0 Å². The lowest BCUT2D eigenvalue weighted by Crippen LogP contribution is -2.38. The van der Waals surface area contributed by atoms with E-state index in [-0.39, 0.29) is 0 Å². The first-order chi connectivity index (χ1) is 8.24. The highest BCUT2D eigenvalue weighted by Crippen LogP contribution is 2.30. The van der Waals surface area contributed by atoms with E-state index < -0.39 is 0 Å². The number of rotatable bonds is 4. The van der Waals surface area contributed by atoms with E-state index in [0.717, 1.165) is 17.9 Å². The van der Waals surface area contributed by atoms with Crippen LogP contribution in [0.15, 0.2) is 0 Å². The molecule has 2 saturated carbocycles. The molecule has 0 aliphatic heterocycles. The molecule has 2 heteroatoms. The third-order valence-electron chi connectivity index (χ3n) is 4.80. The molecule has 2 unspecified atom stereocenters. The van der Waals surface area contributed by atoms with E-state index in [0.29, 0.717) is 6.04 Å². The van der Waals surface area contributed by atoms with E-state index in [9.17, 15) is 0 Å². The fourth-order valence-electron chi connectivity index (χ4n) is 3.64. The van der Waals surface area contributed by atoms with Crippen LogP contribution in [0.4, 0.5) is 0 Å². The van der Waals surface area contributed by atoms with E-state index in [1.165, 1.54) is 64.3 Å². The molecule has 17 heavy (non-hydrogen) atoms. The minimum Gasteiger partial charge on any atom is -0.328 e. The fourth-order valence-corrected chi connectivity index (χ4v) is 3.64. The molecule has 0 aromatic heterocycles. The Balaban J connectivity index is 1.56. The topological polar surface area (TPSA) is 38.0 Å². The number of hydrogen-bond acceptors (Lipinski definition) is 2. The summed E-state index contributed by atoms with van der Waals surface area (Å²) in [5, 5.41) is 3.75. The van der Waals surface area contributed by atoms with Crippen LogP contribution in [0.2, 0.25) is 0 Å². The van der Waals surface area contributed by atoms with Gasteiger partial charge in [-0.05, 0) is 56.9 Å². The van der Waals surface area contributed by atoms with Gasteiger partial charge < -0.3 is 11.1 Å². The molecule has 3 N–H and O–H groups in total. The van der Waals surface area contributed by atoms with Gasteiger partial charge in [0.25, 0.3) is 0 Å². The van der Waals surface area contributed by atoms with Crippen molar-refractivity contribution in [3.05, 3.63) is 0 Å². The molecule has 2 atom stereocenters. The smallest absolute Gasteiger partial charge is 0.00682 e. The third kappa shape index (κ3) is 4.59. The first-order valence-corrected chi connectivity index (χ1v) is 7.73. The van der Waals surface area contributed by atoms with Crippen LogP contribution in [0.1, 0.15) is 64.7 Å². The highest BCUT2D eigenvalue weighted by molar-refractivity contribution is 4.79. The summed E-state index contributed by atoms with van der Waals surface area (Å²) in [6, 6.07) is 1.24. The lowest BCUT2D eigenvalue weighted by molar-refractivity contribution is 0.258. The van der Waals surface area contributed by atoms with Crippen molar-refractivity contribution in [3.8, 4) is 0 Å². The Morgan fingerprint density at radius 3 is 2.53 bits per heavy atom. The normalized spacial score (nSPS) is 39.2. The molecule has 0 spiro atoms. The zero-order chi connectivity index (χ0) is 12.1. The van der Waals surface area contributed by atoms with Crippen LogP contribution in [0.3, 0.4) is 0 Å².